The molecule has 19 heavy (non-hydrogen) atoms. The lowest BCUT2D eigenvalue weighted by Gasteiger charge is -2.32. The van der Waals surface area contributed by atoms with Gasteiger partial charge >= 0.3 is 7.12 Å². The molecule has 0 radical (unpaired) electrons. The van der Waals surface area contributed by atoms with Gasteiger partial charge in [0.2, 0.25) is 0 Å². The Bertz CT molecular complexity index is 474. The number of hydrogen-bond donors (Lipinski definition) is 1. The molecular formula is C14H21BBrNO2. The predicted octanol–water partition coefficient (Wildman–Crippen LogP) is 3.39. The van der Waals surface area contributed by atoms with Crippen LogP contribution in [-0.2, 0) is 9.31 Å². The van der Waals surface area contributed by atoms with Crippen LogP contribution >= 0.6 is 15.9 Å². The molecule has 1 aromatic rings. The fraction of sp³-hybridized carbons (Fsp3) is 0.571. The van der Waals surface area contributed by atoms with E-state index in [1.54, 1.807) is 0 Å². The highest BCUT2D eigenvalue weighted by Gasteiger charge is 2.53. The number of rotatable bonds is 2. The Balaban J connectivity index is 2.27. The Morgan fingerprint density at radius 3 is 2.21 bits per heavy atom. The van der Waals surface area contributed by atoms with E-state index in [2.05, 4.69) is 15.9 Å². The monoisotopic (exact) mass is 325 g/mol. The van der Waals surface area contributed by atoms with Crippen molar-refractivity contribution in [2.75, 3.05) is 0 Å². The molecule has 1 aliphatic heterocycles. The molecule has 0 bridgehead atoms. The molecule has 1 fully saturated rings. The zero-order valence-electron chi connectivity index (χ0n) is 12.2. The van der Waals surface area contributed by atoms with Crippen LogP contribution in [0.1, 0.15) is 44.8 Å². The van der Waals surface area contributed by atoms with Crippen molar-refractivity contribution in [2.24, 2.45) is 5.73 Å². The molecule has 5 heteroatoms. The molecule has 1 heterocycles. The molecule has 104 valence electrons. The van der Waals surface area contributed by atoms with E-state index in [9.17, 15) is 0 Å². The van der Waals surface area contributed by atoms with Crippen molar-refractivity contribution < 1.29 is 9.31 Å². The van der Waals surface area contributed by atoms with E-state index in [0.29, 0.717) is 0 Å². The van der Waals surface area contributed by atoms with Gasteiger partial charge in [-0.2, -0.15) is 0 Å². The second kappa shape index (κ2) is 4.88. The first-order chi connectivity index (χ1) is 8.64. The second-order valence-electron chi connectivity index (χ2n) is 6.15. The summed E-state index contributed by atoms with van der Waals surface area (Å²) >= 11 is 3.48. The van der Waals surface area contributed by atoms with Gasteiger partial charge in [0, 0.05) is 4.47 Å². The maximum Gasteiger partial charge on any atom is 0.480 e. The van der Waals surface area contributed by atoms with Crippen molar-refractivity contribution >= 4 is 23.0 Å². The minimum atomic E-state index is -0.419. The summed E-state index contributed by atoms with van der Waals surface area (Å²) in [5.41, 5.74) is 7.83. The van der Waals surface area contributed by atoms with Crippen molar-refractivity contribution in [1.82, 2.24) is 0 Å². The normalized spacial score (nSPS) is 22.6. The molecule has 0 aromatic heterocycles. The minimum absolute atomic E-state index is 0.293. The van der Waals surface area contributed by atoms with Crippen LogP contribution in [-0.4, -0.2) is 18.3 Å². The Labute approximate surface area is 124 Å². The van der Waals surface area contributed by atoms with Gasteiger partial charge in [0.05, 0.1) is 17.1 Å². The summed E-state index contributed by atoms with van der Waals surface area (Å²) in [6.45, 7) is 10.2. The number of benzene rings is 1. The molecule has 2 N–H and O–H groups in total. The Morgan fingerprint density at radius 1 is 1.16 bits per heavy atom. The second-order valence-corrected chi connectivity index (χ2v) is 7.07. The predicted molar refractivity (Wildman–Crippen MR) is 81.9 cm³/mol. The van der Waals surface area contributed by atoms with E-state index in [-0.39, 0.29) is 17.1 Å². The fourth-order valence-corrected chi connectivity index (χ4v) is 2.53. The average Bonchev–Trinajstić information content (AvgIpc) is 2.51. The quantitative estimate of drug-likeness (QED) is 0.848. The first-order valence-corrected chi connectivity index (χ1v) is 7.31. The lowest BCUT2D eigenvalue weighted by atomic mass is 9.73. The third-order valence-corrected chi connectivity index (χ3v) is 4.66. The first-order valence-electron chi connectivity index (χ1n) is 6.51. The van der Waals surface area contributed by atoms with E-state index >= 15 is 0 Å². The average molecular weight is 326 g/mol. The first kappa shape index (κ1) is 15.0. The molecule has 1 aliphatic rings. The van der Waals surface area contributed by atoms with Crippen LogP contribution in [0.3, 0.4) is 0 Å². The molecule has 2 rings (SSSR count). The van der Waals surface area contributed by atoms with Gasteiger partial charge in [-0.1, -0.05) is 22.0 Å². The third kappa shape index (κ3) is 2.75. The molecule has 0 amide bonds. The highest BCUT2D eigenvalue weighted by atomic mass is 79.9. The van der Waals surface area contributed by atoms with Crippen LogP contribution in [0.15, 0.2) is 22.7 Å². The molecule has 0 unspecified atom stereocenters. The van der Waals surface area contributed by atoms with Gasteiger partial charge in [0.25, 0.3) is 0 Å². The van der Waals surface area contributed by atoms with Crippen LogP contribution < -0.4 is 5.73 Å². The van der Waals surface area contributed by atoms with Gasteiger partial charge in [0.1, 0.15) is 0 Å². The topological polar surface area (TPSA) is 44.5 Å². The van der Waals surface area contributed by atoms with Crippen molar-refractivity contribution in [3.05, 3.63) is 33.8 Å². The zero-order valence-corrected chi connectivity index (χ0v) is 13.7. The third-order valence-electron chi connectivity index (χ3n) is 4.17. The van der Waals surface area contributed by atoms with Crippen LogP contribution in [0.25, 0.3) is 0 Å². The van der Waals surface area contributed by atoms with Crippen molar-refractivity contribution in [1.29, 1.82) is 0 Å². The van der Waals surface area contributed by atoms with Gasteiger partial charge in [-0.15, -0.1) is 0 Å². The maximum atomic E-state index is 6.34. The summed E-state index contributed by atoms with van der Waals surface area (Å²) in [5.74, 6) is -0.293. The molecule has 0 aliphatic carbocycles. The number of hydrogen-bond acceptors (Lipinski definition) is 3. The van der Waals surface area contributed by atoms with E-state index in [0.717, 1.165) is 15.6 Å². The summed E-state index contributed by atoms with van der Waals surface area (Å²) < 4.78 is 13.0. The molecule has 3 nitrogen and oxygen atoms in total. The van der Waals surface area contributed by atoms with Gasteiger partial charge in [-0.3, -0.25) is 0 Å². The number of nitrogens with two attached hydrogens (primary N) is 1. The van der Waals surface area contributed by atoms with E-state index in [1.165, 1.54) is 0 Å². The number of aryl methyl sites for hydroxylation is 1. The van der Waals surface area contributed by atoms with Crippen LogP contribution in [0.2, 0.25) is 0 Å². The van der Waals surface area contributed by atoms with Gasteiger partial charge in [0.15, 0.2) is 0 Å². The van der Waals surface area contributed by atoms with Crippen molar-refractivity contribution in [2.45, 2.75) is 51.8 Å². The summed E-state index contributed by atoms with van der Waals surface area (Å²) in [5, 5.41) is 0. The number of halogens is 1. The van der Waals surface area contributed by atoms with Gasteiger partial charge < -0.3 is 15.0 Å². The fourth-order valence-electron chi connectivity index (χ4n) is 2.15. The van der Waals surface area contributed by atoms with Crippen molar-refractivity contribution in [3.8, 4) is 0 Å². The van der Waals surface area contributed by atoms with Gasteiger partial charge in [-0.05, 0) is 57.9 Å². The Morgan fingerprint density at radius 2 is 1.68 bits per heavy atom. The lowest BCUT2D eigenvalue weighted by Crippen LogP contribution is -2.41. The lowest BCUT2D eigenvalue weighted by molar-refractivity contribution is 0.00578. The Hall–Kier alpha value is -0.355. The molecular weight excluding hydrogens is 305 g/mol. The molecule has 0 spiro atoms. The summed E-state index contributed by atoms with van der Waals surface area (Å²) in [7, 11) is -0.419. The summed E-state index contributed by atoms with van der Waals surface area (Å²) in [6.07, 6.45) is 0. The highest BCUT2D eigenvalue weighted by molar-refractivity contribution is 9.10. The van der Waals surface area contributed by atoms with Crippen LogP contribution in [0.4, 0.5) is 0 Å². The van der Waals surface area contributed by atoms with E-state index in [4.69, 9.17) is 15.0 Å². The van der Waals surface area contributed by atoms with Crippen molar-refractivity contribution in [3.63, 3.8) is 0 Å². The largest absolute Gasteiger partial charge is 0.480 e. The molecule has 1 atom stereocenters. The van der Waals surface area contributed by atoms with E-state index < -0.39 is 7.12 Å². The maximum absolute atomic E-state index is 6.34. The van der Waals surface area contributed by atoms with E-state index in [1.807, 2.05) is 52.8 Å². The Kier molecular flexibility index (Phi) is 3.86. The smallest absolute Gasteiger partial charge is 0.402 e. The van der Waals surface area contributed by atoms with Crippen LogP contribution in [0.5, 0.6) is 0 Å². The molecule has 1 aromatic carbocycles. The minimum Gasteiger partial charge on any atom is -0.402 e. The summed E-state index contributed by atoms with van der Waals surface area (Å²) in [6, 6.07) is 6.09. The highest BCUT2D eigenvalue weighted by Crippen LogP contribution is 2.40. The SMILES string of the molecule is Cc1ccc(Br)cc1[C@H](N)B1OC(C)(C)C(C)(C)O1. The van der Waals surface area contributed by atoms with Crippen LogP contribution in [0, 0.1) is 6.92 Å². The van der Waals surface area contributed by atoms with Gasteiger partial charge in [-0.25, -0.2) is 0 Å². The molecule has 1 saturated heterocycles. The zero-order chi connectivity index (χ0) is 14.4. The summed E-state index contributed by atoms with van der Waals surface area (Å²) in [4.78, 5) is 0. The molecule has 0 saturated carbocycles. The standard InChI is InChI=1S/C14H21BBrNO2/c1-9-6-7-10(16)8-11(9)12(17)15-18-13(2,3)14(4,5)19-15/h6-8,12H,17H2,1-5H3/t12-/m0/s1.